The van der Waals surface area contributed by atoms with E-state index in [1.165, 1.54) is 4.90 Å². The first-order chi connectivity index (χ1) is 11.3. The van der Waals surface area contributed by atoms with Crippen molar-refractivity contribution in [3.63, 3.8) is 0 Å². The number of alkyl halides is 3. The third-order valence-electron chi connectivity index (χ3n) is 4.73. The number of carbonyl (C=O) groups is 1. The molecule has 24 heavy (non-hydrogen) atoms. The van der Waals surface area contributed by atoms with E-state index in [1.807, 2.05) is 29.8 Å². The summed E-state index contributed by atoms with van der Waals surface area (Å²) < 4.78 is 40.1. The quantitative estimate of drug-likeness (QED) is 0.805. The number of aromatic nitrogens is 1. The van der Waals surface area contributed by atoms with Gasteiger partial charge in [0.15, 0.2) is 0 Å². The molecule has 1 aromatic carbocycles. The maximum absolute atomic E-state index is 12.8. The molecule has 3 nitrogen and oxygen atoms in total. The van der Waals surface area contributed by atoms with Gasteiger partial charge in [-0.25, -0.2) is 0 Å². The van der Waals surface area contributed by atoms with Crippen LogP contribution in [0, 0.1) is 5.92 Å². The van der Waals surface area contributed by atoms with E-state index in [0.29, 0.717) is 5.56 Å². The molecule has 0 aliphatic carbocycles. The average molecular weight is 336 g/mol. The molecule has 2 aromatic rings. The van der Waals surface area contributed by atoms with Crippen LogP contribution >= 0.6 is 0 Å². The minimum absolute atomic E-state index is 0.0272. The number of aryl methyl sites for hydroxylation is 1. The second kappa shape index (κ2) is 6.00. The Morgan fingerprint density at radius 3 is 2.54 bits per heavy atom. The van der Waals surface area contributed by atoms with Crippen molar-refractivity contribution >= 4 is 22.9 Å². The van der Waals surface area contributed by atoms with Crippen LogP contribution in [0.25, 0.3) is 17.0 Å². The molecule has 1 aliphatic heterocycles. The number of rotatable bonds is 2. The van der Waals surface area contributed by atoms with Crippen LogP contribution in [0.1, 0.15) is 28.8 Å². The highest BCUT2D eigenvalue weighted by molar-refractivity contribution is 6.07. The number of halogens is 3. The number of likely N-dealkylation sites (tertiary alicyclic amines) is 1. The Morgan fingerprint density at radius 1 is 1.29 bits per heavy atom. The fourth-order valence-electron chi connectivity index (χ4n) is 3.28. The zero-order chi connectivity index (χ0) is 17.5. The van der Waals surface area contributed by atoms with Crippen LogP contribution in [0.4, 0.5) is 13.2 Å². The van der Waals surface area contributed by atoms with Gasteiger partial charge in [0, 0.05) is 37.2 Å². The molecule has 1 aliphatic rings. The summed E-state index contributed by atoms with van der Waals surface area (Å²) in [6.07, 6.45) is -0.748. The maximum Gasteiger partial charge on any atom is 0.391 e. The van der Waals surface area contributed by atoms with Gasteiger partial charge in [-0.3, -0.25) is 4.79 Å². The van der Waals surface area contributed by atoms with Crippen LogP contribution in [0.15, 0.2) is 31.0 Å². The number of fused-ring (bicyclic) bond motifs is 1. The molecule has 3 rings (SSSR count). The molecular formula is C18H19F3N2O. The van der Waals surface area contributed by atoms with Crippen LogP contribution in [0.2, 0.25) is 0 Å². The second-order valence-corrected chi connectivity index (χ2v) is 6.24. The zero-order valence-corrected chi connectivity index (χ0v) is 13.4. The summed E-state index contributed by atoms with van der Waals surface area (Å²) in [4.78, 5) is 14.3. The van der Waals surface area contributed by atoms with Crippen molar-refractivity contribution in [3.05, 3.63) is 42.1 Å². The minimum atomic E-state index is -4.17. The van der Waals surface area contributed by atoms with Crippen LogP contribution < -0.4 is 0 Å². The fourth-order valence-corrected chi connectivity index (χ4v) is 3.28. The van der Waals surface area contributed by atoms with Crippen molar-refractivity contribution < 1.29 is 18.0 Å². The zero-order valence-electron chi connectivity index (χ0n) is 13.4. The van der Waals surface area contributed by atoms with E-state index in [0.717, 1.165) is 16.5 Å². The summed E-state index contributed by atoms with van der Waals surface area (Å²) >= 11 is 0. The Morgan fingerprint density at radius 2 is 1.96 bits per heavy atom. The Bertz CT molecular complexity index is 783. The molecule has 6 heteroatoms. The Balaban J connectivity index is 1.84. The summed E-state index contributed by atoms with van der Waals surface area (Å²) in [6, 6.07) is 5.68. The Hall–Kier alpha value is -2.24. The van der Waals surface area contributed by atoms with E-state index in [2.05, 4.69) is 6.58 Å². The third kappa shape index (κ3) is 2.92. The normalized spacial score (nSPS) is 16.6. The SMILES string of the molecule is C=Cc1ccc2c(C(=O)N3CCC(C(F)(F)F)CC3)cn(C)c2c1. The van der Waals surface area contributed by atoms with Crippen LogP contribution in [0.3, 0.4) is 0 Å². The van der Waals surface area contributed by atoms with Crippen molar-refractivity contribution in [2.45, 2.75) is 19.0 Å². The van der Waals surface area contributed by atoms with Gasteiger partial charge in [0.2, 0.25) is 0 Å². The molecule has 1 amide bonds. The number of hydrogen-bond acceptors (Lipinski definition) is 1. The fraction of sp³-hybridized carbons (Fsp3) is 0.389. The average Bonchev–Trinajstić information content (AvgIpc) is 2.90. The standard InChI is InChI=1S/C18H19F3N2O/c1-3-12-4-5-14-15(11-22(2)16(14)10-12)17(24)23-8-6-13(7-9-23)18(19,20)21/h3-5,10-11,13H,1,6-9H2,2H3. The highest BCUT2D eigenvalue weighted by atomic mass is 19.4. The molecule has 1 aromatic heterocycles. The number of nitrogens with zero attached hydrogens (tertiary/aromatic N) is 2. The topological polar surface area (TPSA) is 25.2 Å². The van der Waals surface area contributed by atoms with Crippen molar-refractivity contribution in [2.24, 2.45) is 13.0 Å². The summed E-state index contributed by atoms with van der Waals surface area (Å²) in [5, 5.41) is 0.811. The summed E-state index contributed by atoms with van der Waals surface area (Å²) in [6.45, 7) is 4.02. The van der Waals surface area contributed by atoms with E-state index in [-0.39, 0.29) is 31.8 Å². The molecule has 0 radical (unpaired) electrons. The minimum Gasteiger partial charge on any atom is -0.350 e. The third-order valence-corrected chi connectivity index (χ3v) is 4.73. The van der Waals surface area contributed by atoms with E-state index >= 15 is 0 Å². The molecule has 1 saturated heterocycles. The molecule has 2 heterocycles. The van der Waals surface area contributed by atoms with Gasteiger partial charge in [0.25, 0.3) is 5.91 Å². The van der Waals surface area contributed by atoms with Gasteiger partial charge in [-0.15, -0.1) is 0 Å². The van der Waals surface area contributed by atoms with Gasteiger partial charge < -0.3 is 9.47 Å². The number of benzene rings is 1. The van der Waals surface area contributed by atoms with Crippen molar-refractivity contribution in [1.29, 1.82) is 0 Å². The number of piperidine rings is 1. The predicted octanol–water partition coefficient (Wildman–Crippen LogP) is 4.24. The van der Waals surface area contributed by atoms with Gasteiger partial charge in [-0.2, -0.15) is 13.2 Å². The Labute approximate surface area is 138 Å². The molecule has 128 valence electrons. The summed E-state index contributed by atoms with van der Waals surface area (Å²) in [5.74, 6) is -1.50. The predicted molar refractivity (Wildman–Crippen MR) is 87.7 cm³/mol. The molecule has 0 saturated carbocycles. The van der Waals surface area contributed by atoms with Crippen LogP contribution in [0.5, 0.6) is 0 Å². The molecule has 0 N–H and O–H groups in total. The van der Waals surface area contributed by atoms with E-state index in [4.69, 9.17) is 0 Å². The number of hydrogen-bond donors (Lipinski definition) is 0. The van der Waals surface area contributed by atoms with E-state index in [9.17, 15) is 18.0 Å². The number of amides is 1. The van der Waals surface area contributed by atoms with Crippen LogP contribution in [-0.2, 0) is 7.05 Å². The van der Waals surface area contributed by atoms with E-state index < -0.39 is 12.1 Å². The van der Waals surface area contributed by atoms with Gasteiger partial charge >= 0.3 is 6.18 Å². The molecule has 0 spiro atoms. The first-order valence-electron chi connectivity index (χ1n) is 7.88. The van der Waals surface area contributed by atoms with Crippen molar-refractivity contribution in [1.82, 2.24) is 9.47 Å². The van der Waals surface area contributed by atoms with Crippen LogP contribution in [-0.4, -0.2) is 34.6 Å². The first-order valence-corrected chi connectivity index (χ1v) is 7.88. The summed E-state index contributed by atoms with van der Waals surface area (Å²) in [7, 11) is 1.85. The van der Waals surface area contributed by atoms with Gasteiger partial charge in [-0.1, -0.05) is 24.8 Å². The largest absolute Gasteiger partial charge is 0.391 e. The van der Waals surface area contributed by atoms with Gasteiger partial charge in [-0.05, 0) is 24.5 Å². The van der Waals surface area contributed by atoms with Gasteiger partial charge in [0.05, 0.1) is 11.5 Å². The lowest BCUT2D eigenvalue weighted by Gasteiger charge is -2.32. The highest BCUT2D eigenvalue weighted by Crippen LogP contribution is 2.35. The highest BCUT2D eigenvalue weighted by Gasteiger charge is 2.41. The maximum atomic E-state index is 12.8. The molecule has 0 bridgehead atoms. The van der Waals surface area contributed by atoms with E-state index in [1.54, 1.807) is 12.3 Å². The molecule has 0 unspecified atom stereocenters. The first kappa shape index (κ1) is 16.6. The lowest BCUT2D eigenvalue weighted by molar-refractivity contribution is -0.183. The lowest BCUT2D eigenvalue weighted by atomic mass is 9.96. The monoisotopic (exact) mass is 336 g/mol. The molecular weight excluding hydrogens is 317 g/mol. The van der Waals surface area contributed by atoms with Crippen molar-refractivity contribution in [3.8, 4) is 0 Å². The molecule has 1 fully saturated rings. The second-order valence-electron chi connectivity index (χ2n) is 6.24. The van der Waals surface area contributed by atoms with Gasteiger partial charge in [0.1, 0.15) is 0 Å². The van der Waals surface area contributed by atoms with Crippen molar-refractivity contribution in [2.75, 3.05) is 13.1 Å². The lowest BCUT2D eigenvalue weighted by Crippen LogP contribution is -2.42. The molecule has 0 atom stereocenters. The number of carbonyl (C=O) groups excluding carboxylic acids is 1. The Kier molecular flexibility index (Phi) is 4.15. The smallest absolute Gasteiger partial charge is 0.350 e. The summed E-state index contributed by atoms with van der Waals surface area (Å²) in [5.41, 5.74) is 2.39.